The molecule has 0 fully saturated rings. The molecule has 0 aliphatic rings. The van der Waals surface area contributed by atoms with Crippen molar-refractivity contribution in [1.82, 2.24) is 5.32 Å². The van der Waals surface area contributed by atoms with Crippen molar-refractivity contribution in [1.29, 1.82) is 0 Å². The van der Waals surface area contributed by atoms with Crippen LogP contribution in [0.4, 0.5) is 5.69 Å². The monoisotopic (exact) mass is 362 g/mol. The highest BCUT2D eigenvalue weighted by atomic mass is 35.5. The smallest absolute Gasteiger partial charge is 0.252 e. The van der Waals surface area contributed by atoms with Crippen LogP contribution < -0.4 is 20.1 Å². The molecule has 0 unspecified atom stereocenters. The summed E-state index contributed by atoms with van der Waals surface area (Å²) in [6.07, 6.45) is 0.121. The summed E-state index contributed by atoms with van der Waals surface area (Å²) in [7, 11) is 3.06. The number of nitrogens with one attached hydrogen (secondary N) is 2. The highest BCUT2D eigenvalue weighted by Gasteiger charge is 2.10. The van der Waals surface area contributed by atoms with E-state index in [4.69, 9.17) is 21.1 Å². The average molecular weight is 363 g/mol. The lowest BCUT2D eigenvalue weighted by atomic mass is 10.2. The molecule has 0 heterocycles. The maximum atomic E-state index is 12.0. The SMILES string of the molecule is COc1cc(NC(=O)CCNC(=O)c2ccccc2Cl)cc(OC)c1. The average Bonchev–Trinajstić information content (AvgIpc) is 2.61. The molecule has 132 valence electrons. The molecule has 2 aromatic carbocycles. The lowest BCUT2D eigenvalue weighted by Crippen LogP contribution is -2.27. The van der Waals surface area contributed by atoms with Gasteiger partial charge in [-0.25, -0.2) is 0 Å². The van der Waals surface area contributed by atoms with Crippen molar-refractivity contribution < 1.29 is 19.1 Å². The fourth-order valence-electron chi connectivity index (χ4n) is 2.13. The molecule has 0 aliphatic heterocycles. The molecule has 6 nitrogen and oxygen atoms in total. The second kappa shape index (κ2) is 8.94. The van der Waals surface area contributed by atoms with Gasteiger partial charge in [-0.3, -0.25) is 9.59 Å². The van der Waals surface area contributed by atoms with Gasteiger partial charge in [-0.05, 0) is 12.1 Å². The Balaban J connectivity index is 1.87. The van der Waals surface area contributed by atoms with E-state index >= 15 is 0 Å². The number of halogens is 1. The predicted molar refractivity (Wildman–Crippen MR) is 96.6 cm³/mol. The zero-order valence-electron chi connectivity index (χ0n) is 14.0. The molecular weight excluding hydrogens is 344 g/mol. The second-order valence-electron chi connectivity index (χ2n) is 5.14. The number of benzene rings is 2. The Bertz CT molecular complexity index is 742. The molecule has 0 spiro atoms. The summed E-state index contributed by atoms with van der Waals surface area (Å²) in [5.41, 5.74) is 0.931. The Morgan fingerprint density at radius 1 is 1.04 bits per heavy atom. The first-order valence-corrected chi connectivity index (χ1v) is 7.97. The minimum atomic E-state index is -0.318. The number of hydrogen-bond donors (Lipinski definition) is 2. The van der Waals surface area contributed by atoms with Gasteiger partial charge in [0.2, 0.25) is 5.91 Å². The molecule has 0 aromatic heterocycles. The Morgan fingerprint density at radius 3 is 2.28 bits per heavy atom. The van der Waals surface area contributed by atoms with Gasteiger partial charge >= 0.3 is 0 Å². The molecule has 2 aromatic rings. The maximum absolute atomic E-state index is 12.0. The number of rotatable bonds is 7. The van der Waals surface area contributed by atoms with Gasteiger partial charge in [0.25, 0.3) is 5.91 Å². The summed E-state index contributed by atoms with van der Waals surface area (Å²) < 4.78 is 10.3. The molecule has 0 bridgehead atoms. The van der Waals surface area contributed by atoms with E-state index in [0.29, 0.717) is 27.8 Å². The first-order chi connectivity index (χ1) is 12.0. The van der Waals surface area contributed by atoms with E-state index in [1.807, 2.05) is 0 Å². The van der Waals surface area contributed by atoms with Crippen molar-refractivity contribution in [3.8, 4) is 11.5 Å². The van der Waals surface area contributed by atoms with Gasteiger partial charge in [-0.2, -0.15) is 0 Å². The Labute approximate surface area is 151 Å². The first kappa shape index (κ1) is 18.6. The number of ether oxygens (including phenoxy) is 2. The van der Waals surface area contributed by atoms with Crippen LogP contribution in [-0.2, 0) is 4.79 Å². The topological polar surface area (TPSA) is 76.7 Å². The number of anilines is 1. The minimum Gasteiger partial charge on any atom is -0.497 e. The van der Waals surface area contributed by atoms with Crippen molar-refractivity contribution in [2.75, 3.05) is 26.1 Å². The number of amides is 2. The summed E-state index contributed by atoms with van der Waals surface area (Å²) in [5.74, 6) is 0.583. The zero-order chi connectivity index (χ0) is 18.2. The van der Waals surface area contributed by atoms with Crippen LogP contribution >= 0.6 is 11.6 Å². The summed E-state index contributed by atoms with van der Waals surface area (Å²) in [6, 6.07) is 11.8. The quantitative estimate of drug-likeness (QED) is 0.793. The molecule has 25 heavy (non-hydrogen) atoms. The summed E-state index contributed by atoms with van der Waals surface area (Å²) in [4.78, 5) is 24.0. The maximum Gasteiger partial charge on any atom is 0.252 e. The van der Waals surface area contributed by atoms with E-state index in [0.717, 1.165) is 0 Å². The van der Waals surface area contributed by atoms with Gasteiger partial charge in [0.1, 0.15) is 11.5 Å². The van der Waals surface area contributed by atoms with Crippen LogP contribution in [-0.4, -0.2) is 32.6 Å². The molecule has 0 aliphatic carbocycles. The zero-order valence-corrected chi connectivity index (χ0v) is 14.7. The lowest BCUT2D eigenvalue weighted by molar-refractivity contribution is -0.116. The molecule has 2 rings (SSSR count). The van der Waals surface area contributed by atoms with Crippen LogP contribution in [0.2, 0.25) is 5.02 Å². The van der Waals surface area contributed by atoms with E-state index in [9.17, 15) is 9.59 Å². The van der Waals surface area contributed by atoms with Crippen LogP contribution in [0, 0.1) is 0 Å². The number of carbonyl (C=O) groups is 2. The van der Waals surface area contributed by atoms with E-state index in [1.54, 1.807) is 42.5 Å². The van der Waals surface area contributed by atoms with E-state index in [2.05, 4.69) is 10.6 Å². The van der Waals surface area contributed by atoms with Crippen molar-refractivity contribution in [3.05, 3.63) is 53.1 Å². The van der Waals surface area contributed by atoms with Crippen LogP contribution in [0.5, 0.6) is 11.5 Å². The first-order valence-electron chi connectivity index (χ1n) is 7.59. The van der Waals surface area contributed by atoms with Gasteiger partial charge in [0.15, 0.2) is 0 Å². The van der Waals surface area contributed by atoms with E-state index < -0.39 is 0 Å². The normalized spacial score (nSPS) is 10.0. The molecule has 7 heteroatoms. The lowest BCUT2D eigenvalue weighted by Gasteiger charge is -2.10. The van der Waals surface area contributed by atoms with Crippen LogP contribution in [0.1, 0.15) is 16.8 Å². The van der Waals surface area contributed by atoms with E-state index in [1.165, 1.54) is 14.2 Å². The Morgan fingerprint density at radius 2 is 1.68 bits per heavy atom. The van der Waals surface area contributed by atoms with Gasteiger partial charge in [-0.1, -0.05) is 23.7 Å². The molecule has 0 atom stereocenters. The van der Waals surface area contributed by atoms with Gasteiger partial charge < -0.3 is 20.1 Å². The third-order valence-corrected chi connectivity index (χ3v) is 3.72. The fraction of sp³-hybridized carbons (Fsp3) is 0.222. The van der Waals surface area contributed by atoms with Crippen molar-refractivity contribution in [2.24, 2.45) is 0 Å². The van der Waals surface area contributed by atoms with Crippen LogP contribution in [0.3, 0.4) is 0 Å². The van der Waals surface area contributed by atoms with E-state index in [-0.39, 0.29) is 24.8 Å². The summed E-state index contributed by atoms with van der Waals surface area (Å²) >= 11 is 5.96. The largest absolute Gasteiger partial charge is 0.497 e. The minimum absolute atomic E-state index is 0.121. The van der Waals surface area contributed by atoms with Crippen molar-refractivity contribution >= 4 is 29.1 Å². The van der Waals surface area contributed by atoms with Gasteiger partial charge in [0.05, 0.1) is 24.8 Å². The molecule has 2 N–H and O–H groups in total. The number of hydrogen-bond acceptors (Lipinski definition) is 4. The number of methoxy groups -OCH3 is 2. The summed E-state index contributed by atoms with van der Waals surface area (Å²) in [5, 5.41) is 5.78. The third-order valence-electron chi connectivity index (χ3n) is 3.39. The Kier molecular flexibility index (Phi) is 6.65. The third kappa shape index (κ3) is 5.39. The highest BCUT2D eigenvalue weighted by Crippen LogP contribution is 2.25. The molecule has 0 radical (unpaired) electrons. The standard InChI is InChI=1S/C18H19ClN2O4/c1-24-13-9-12(10-14(11-13)25-2)21-17(22)7-8-20-18(23)15-5-3-4-6-16(15)19/h3-6,9-11H,7-8H2,1-2H3,(H,20,23)(H,21,22). The van der Waals surface area contributed by atoms with Crippen LogP contribution in [0.15, 0.2) is 42.5 Å². The molecule has 0 saturated carbocycles. The molecular formula is C18H19ClN2O4. The molecule has 0 saturated heterocycles. The Hall–Kier alpha value is -2.73. The summed E-state index contributed by atoms with van der Waals surface area (Å²) in [6.45, 7) is 0.191. The van der Waals surface area contributed by atoms with Crippen LogP contribution in [0.25, 0.3) is 0 Å². The predicted octanol–water partition coefficient (Wildman–Crippen LogP) is 3.12. The van der Waals surface area contributed by atoms with Crippen molar-refractivity contribution in [2.45, 2.75) is 6.42 Å². The highest BCUT2D eigenvalue weighted by molar-refractivity contribution is 6.33. The molecule has 2 amide bonds. The fourth-order valence-corrected chi connectivity index (χ4v) is 2.35. The van der Waals surface area contributed by atoms with Gasteiger partial charge in [-0.15, -0.1) is 0 Å². The van der Waals surface area contributed by atoms with Gasteiger partial charge in [0, 0.05) is 36.9 Å². The number of carbonyl (C=O) groups excluding carboxylic acids is 2. The van der Waals surface area contributed by atoms with Crippen molar-refractivity contribution in [3.63, 3.8) is 0 Å². The second-order valence-corrected chi connectivity index (χ2v) is 5.54.